The summed E-state index contributed by atoms with van der Waals surface area (Å²) in [6.45, 7) is 5.40. The highest BCUT2D eigenvalue weighted by atomic mass is 14.9. The van der Waals surface area contributed by atoms with Crippen molar-refractivity contribution in [1.82, 2.24) is 10.3 Å². The van der Waals surface area contributed by atoms with Gasteiger partial charge in [0.2, 0.25) is 0 Å². The quantitative estimate of drug-likeness (QED) is 0.776. The van der Waals surface area contributed by atoms with Gasteiger partial charge in [0.15, 0.2) is 0 Å². The van der Waals surface area contributed by atoms with Crippen molar-refractivity contribution in [3.63, 3.8) is 0 Å². The van der Waals surface area contributed by atoms with Crippen LogP contribution in [0.2, 0.25) is 0 Å². The summed E-state index contributed by atoms with van der Waals surface area (Å²) < 4.78 is 0. The zero-order valence-corrected chi connectivity index (χ0v) is 11.1. The molecule has 1 unspecified atom stereocenters. The summed E-state index contributed by atoms with van der Waals surface area (Å²) in [7, 11) is 0. The number of pyridine rings is 1. The van der Waals surface area contributed by atoms with Gasteiger partial charge in [-0.2, -0.15) is 0 Å². The van der Waals surface area contributed by atoms with Crippen LogP contribution in [0.4, 0.5) is 0 Å². The van der Waals surface area contributed by atoms with Crippen LogP contribution < -0.4 is 5.32 Å². The molecule has 0 saturated heterocycles. The van der Waals surface area contributed by atoms with Gasteiger partial charge in [-0.25, -0.2) is 0 Å². The van der Waals surface area contributed by atoms with E-state index in [9.17, 15) is 0 Å². The molecule has 0 amide bonds. The first kappa shape index (κ1) is 12.6. The Morgan fingerprint density at radius 3 is 2.94 bits per heavy atom. The average molecular weight is 232 g/mol. The Kier molecular flexibility index (Phi) is 4.55. The van der Waals surface area contributed by atoms with Crippen LogP contribution in [0.15, 0.2) is 18.3 Å². The van der Waals surface area contributed by atoms with E-state index in [-0.39, 0.29) is 0 Å². The summed E-state index contributed by atoms with van der Waals surface area (Å²) in [6, 6.07) is 4.91. The molecule has 1 saturated carbocycles. The molecule has 1 N–H and O–H groups in total. The zero-order valence-electron chi connectivity index (χ0n) is 11.1. The molecule has 0 aliphatic heterocycles. The summed E-state index contributed by atoms with van der Waals surface area (Å²) in [5.41, 5.74) is 2.53. The summed E-state index contributed by atoms with van der Waals surface area (Å²) in [5, 5.41) is 3.67. The van der Waals surface area contributed by atoms with Gasteiger partial charge >= 0.3 is 0 Å². The van der Waals surface area contributed by atoms with Gasteiger partial charge in [-0.15, -0.1) is 0 Å². The molecule has 0 aromatic carbocycles. The standard InChI is InChI=1S/C15H24N2/c1-3-9-17-15(7-6-13-4-5-13)14-8-10-16-12(2)11-14/h8,10-11,13,15,17H,3-7,9H2,1-2H3. The fourth-order valence-electron chi connectivity index (χ4n) is 2.30. The molecule has 1 heterocycles. The molecular formula is C15H24N2. The van der Waals surface area contributed by atoms with Gasteiger partial charge in [0.05, 0.1) is 0 Å². The molecule has 2 nitrogen and oxygen atoms in total. The molecule has 0 bridgehead atoms. The van der Waals surface area contributed by atoms with Gasteiger partial charge in [0.1, 0.15) is 0 Å². The van der Waals surface area contributed by atoms with Crippen molar-refractivity contribution in [1.29, 1.82) is 0 Å². The van der Waals surface area contributed by atoms with E-state index in [0.29, 0.717) is 6.04 Å². The summed E-state index contributed by atoms with van der Waals surface area (Å²) in [5.74, 6) is 1.02. The van der Waals surface area contributed by atoms with Gasteiger partial charge < -0.3 is 5.32 Å². The number of nitrogens with zero attached hydrogens (tertiary/aromatic N) is 1. The summed E-state index contributed by atoms with van der Waals surface area (Å²) in [6.07, 6.45) is 8.69. The van der Waals surface area contributed by atoms with E-state index >= 15 is 0 Å². The SMILES string of the molecule is CCCNC(CCC1CC1)c1ccnc(C)c1. The Labute approximate surface area is 105 Å². The van der Waals surface area contributed by atoms with Crippen molar-refractivity contribution in [3.8, 4) is 0 Å². The fourth-order valence-corrected chi connectivity index (χ4v) is 2.30. The lowest BCUT2D eigenvalue weighted by Crippen LogP contribution is -2.22. The van der Waals surface area contributed by atoms with E-state index in [2.05, 4.69) is 36.3 Å². The van der Waals surface area contributed by atoms with Crippen molar-refractivity contribution in [2.45, 2.75) is 52.0 Å². The second-order valence-electron chi connectivity index (χ2n) is 5.26. The van der Waals surface area contributed by atoms with Gasteiger partial charge in [0.25, 0.3) is 0 Å². The van der Waals surface area contributed by atoms with E-state index in [1.54, 1.807) is 0 Å². The normalized spacial score (nSPS) is 17.1. The fraction of sp³-hybridized carbons (Fsp3) is 0.667. The maximum absolute atomic E-state index is 4.28. The predicted molar refractivity (Wildman–Crippen MR) is 72.0 cm³/mol. The highest BCUT2D eigenvalue weighted by Crippen LogP contribution is 2.35. The van der Waals surface area contributed by atoms with Gasteiger partial charge in [-0.05, 0) is 56.3 Å². The van der Waals surface area contributed by atoms with Crippen molar-refractivity contribution >= 4 is 0 Å². The Morgan fingerprint density at radius 1 is 1.47 bits per heavy atom. The minimum atomic E-state index is 0.525. The molecule has 1 atom stereocenters. The molecule has 1 aromatic heterocycles. The summed E-state index contributed by atoms with van der Waals surface area (Å²) in [4.78, 5) is 4.28. The first-order valence-electron chi connectivity index (χ1n) is 6.95. The average Bonchev–Trinajstić information content (AvgIpc) is 3.13. The molecule has 94 valence electrons. The van der Waals surface area contributed by atoms with Crippen LogP contribution in [0.1, 0.15) is 56.3 Å². The van der Waals surface area contributed by atoms with E-state index in [1.807, 2.05) is 6.20 Å². The Balaban J connectivity index is 1.96. The van der Waals surface area contributed by atoms with Crippen LogP contribution in [0.25, 0.3) is 0 Å². The van der Waals surface area contributed by atoms with Gasteiger partial charge in [-0.3, -0.25) is 4.98 Å². The van der Waals surface area contributed by atoms with Crippen LogP contribution in [-0.4, -0.2) is 11.5 Å². The van der Waals surface area contributed by atoms with Crippen LogP contribution in [0.3, 0.4) is 0 Å². The molecule has 1 aromatic rings. The maximum atomic E-state index is 4.28. The Hall–Kier alpha value is -0.890. The maximum Gasteiger partial charge on any atom is 0.0375 e. The highest BCUT2D eigenvalue weighted by Gasteiger charge is 2.22. The third kappa shape index (κ3) is 4.12. The number of hydrogen-bond acceptors (Lipinski definition) is 2. The lowest BCUT2D eigenvalue weighted by Gasteiger charge is -2.19. The van der Waals surface area contributed by atoms with Gasteiger partial charge in [-0.1, -0.05) is 19.8 Å². The molecule has 1 aliphatic rings. The summed E-state index contributed by atoms with van der Waals surface area (Å²) >= 11 is 0. The molecule has 17 heavy (non-hydrogen) atoms. The van der Waals surface area contributed by atoms with Crippen molar-refractivity contribution < 1.29 is 0 Å². The van der Waals surface area contributed by atoms with Gasteiger partial charge in [0, 0.05) is 17.9 Å². The van der Waals surface area contributed by atoms with E-state index in [0.717, 1.165) is 18.2 Å². The number of hydrogen-bond donors (Lipinski definition) is 1. The first-order chi connectivity index (χ1) is 8.29. The second-order valence-corrected chi connectivity index (χ2v) is 5.26. The van der Waals surface area contributed by atoms with Crippen LogP contribution in [0.5, 0.6) is 0 Å². The number of rotatable bonds is 7. The number of nitrogens with one attached hydrogen (secondary N) is 1. The Bertz CT molecular complexity index is 345. The van der Waals surface area contributed by atoms with Crippen molar-refractivity contribution in [2.75, 3.05) is 6.54 Å². The smallest absolute Gasteiger partial charge is 0.0375 e. The molecule has 0 spiro atoms. The largest absolute Gasteiger partial charge is 0.310 e. The third-order valence-corrected chi connectivity index (χ3v) is 3.52. The molecule has 0 radical (unpaired) electrons. The monoisotopic (exact) mass is 232 g/mol. The van der Waals surface area contributed by atoms with E-state index < -0.39 is 0 Å². The van der Waals surface area contributed by atoms with Crippen LogP contribution in [0, 0.1) is 12.8 Å². The minimum Gasteiger partial charge on any atom is -0.310 e. The Morgan fingerprint density at radius 2 is 2.29 bits per heavy atom. The number of aryl methyl sites for hydroxylation is 1. The second kappa shape index (κ2) is 6.15. The lowest BCUT2D eigenvalue weighted by atomic mass is 10.0. The topological polar surface area (TPSA) is 24.9 Å². The zero-order chi connectivity index (χ0) is 12.1. The van der Waals surface area contributed by atoms with Crippen molar-refractivity contribution in [2.24, 2.45) is 5.92 Å². The lowest BCUT2D eigenvalue weighted by molar-refractivity contribution is 0.469. The highest BCUT2D eigenvalue weighted by molar-refractivity contribution is 5.19. The molecule has 1 aliphatic carbocycles. The predicted octanol–water partition coefficient (Wildman–Crippen LogP) is 3.62. The molecule has 1 fully saturated rings. The van der Waals surface area contributed by atoms with Crippen molar-refractivity contribution in [3.05, 3.63) is 29.6 Å². The molecule has 2 rings (SSSR count). The third-order valence-electron chi connectivity index (χ3n) is 3.52. The molecular weight excluding hydrogens is 208 g/mol. The minimum absolute atomic E-state index is 0.525. The van der Waals surface area contributed by atoms with E-state index in [1.165, 1.54) is 37.7 Å². The first-order valence-corrected chi connectivity index (χ1v) is 6.95. The van der Waals surface area contributed by atoms with Crippen LogP contribution >= 0.6 is 0 Å². The number of aromatic nitrogens is 1. The molecule has 2 heteroatoms. The van der Waals surface area contributed by atoms with E-state index in [4.69, 9.17) is 0 Å². The van der Waals surface area contributed by atoms with Crippen LogP contribution in [-0.2, 0) is 0 Å².